The first-order chi connectivity index (χ1) is 13.9. The second-order valence-corrected chi connectivity index (χ2v) is 8.87. The number of hydrogen-bond acceptors (Lipinski definition) is 3. The number of amides is 1. The molecule has 150 valence electrons. The number of nitrogens with one attached hydrogen (secondary N) is 1. The minimum Gasteiger partial charge on any atom is -0.352 e. The van der Waals surface area contributed by atoms with Gasteiger partial charge in [0.2, 0.25) is 0 Å². The van der Waals surface area contributed by atoms with E-state index in [1.807, 2.05) is 30.3 Å². The quantitative estimate of drug-likeness (QED) is 0.615. The highest BCUT2D eigenvalue weighted by molar-refractivity contribution is 7.92. The molecular formula is C22H21ClN2O3S. The highest BCUT2D eigenvalue weighted by Gasteiger charge is 2.22. The summed E-state index contributed by atoms with van der Waals surface area (Å²) in [5.41, 5.74) is 1.93. The Hall–Kier alpha value is -2.83. The topological polar surface area (TPSA) is 66.5 Å². The van der Waals surface area contributed by atoms with Gasteiger partial charge in [-0.3, -0.25) is 9.10 Å². The van der Waals surface area contributed by atoms with Crippen molar-refractivity contribution in [2.24, 2.45) is 0 Å². The monoisotopic (exact) mass is 428 g/mol. The molecule has 1 N–H and O–H groups in total. The van der Waals surface area contributed by atoms with Gasteiger partial charge in [0.1, 0.15) is 0 Å². The Morgan fingerprint density at radius 3 is 2.34 bits per heavy atom. The summed E-state index contributed by atoms with van der Waals surface area (Å²) >= 11 is 5.84. The second-order valence-electron chi connectivity index (χ2n) is 6.47. The maximum Gasteiger partial charge on any atom is 0.264 e. The maximum atomic E-state index is 12.8. The van der Waals surface area contributed by atoms with Crippen molar-refractivity contribution in [3.05, 3.63) is 95.0 Å². The van der Waals surface area contributed by atoms with Gasteiger partial charge in [0, 0.05) is 24.2 Å². The molecule has 0 heterocycles. The van der Waals surface area contributed by atoms with E-state index in [1.54, 1.807) is 24.3 Å². The number of nitrogens with zero attached hydrogens (tertiary/aromatic N) is 1. The molecule has 0 bridgehead atoms. The summed E-state index contributed by atoms with van der Waals surface area (Å²) in [5, 5.41) is 3.33. The molecule has 0 radical (unpaired) electrons. The number of anilines is 1. The molecule has 0 saturated heterocycles. The highest BCUT2D eigenvalue weighted by atomic mass is 35.5. The summed E-state index contributed by atoms with van der Waals surface area (Å²) < 4.78 is 26.8. The predicted molar refractivity (Wildman–Crippen MR) is 116 cm³/mol. The van der Waals surface area contributed by atoms with Gasteiger partial charge >= 0.3 is 0 Å². The molecular weight excluding hydrogens is 408 g/mol. The smallest absolute Gasteiger partial charge is 0.264 e. The molecule has 5 nitrogen and oxygen atoms in total. The van der Waals surface area contributed by atoms with Gasteiger partial charge < -0.3 is 5.32 Å². The zero-order chi connectivity index (χ0) is 20.9. The van der Waals surface area contributed by atoms with Crippen molar-refractivity contribution in [3.8, 4) is 0 Å². The molecule has 0 spiro atoms. The maximum absolute atomic E-state index is 12.8. The van der Waals surface area contributed by atoms with Crippen molar-refractivity contribution in [2.75, 3.05) is 17.9 Å². The largest absolute Gasteiger partial charge is 0.352 e. The van der Waals surface area contributed by atoms with Crippen LogP contribution in [0.5, 0.6) is 0 Å². The molecule has 3 aromatic carbocycles. The van der Waals surface area contributed by atoms with Crippen LogP contribution >= 0.6 is 11.6 Å². The van der Waals surface area contributed by atoms with E-state index in [2.05, 4.69) is 5.32 Å². The molecule has 1 amide bonds. The zero-order valence-corrected chi connectivity index (χ0v) is 17.5. The van der Waals surface area contributed by atoms with E-state index in [1.165, 1.54) is 31.3 Å². The number of hydrogen-bond donors (Lipinski definition) is 1. The second kappa shape index (κ2) is 9.11. The Bertz CT molecular complexity index is 1080. The van der Waals surface area contributed by atoms with Crippen molar-refractivity contribution in [1.82, 2.24) is 5.32 Å². The summed E-state index contributed by atoms with van der Waals surface area (Å²) in [5.74, 6) is -0.250. The molecule has 0 aromatic heterocycles. The average molecular weight is 429 g/mol. The first-order valence-electron chi connectivity index (χ1n) is 9.04. The molecule has 0 aliphatic heterocycles. The van der Waals surface area contributed by atoms with E-state index >= 15 is 0 Å². The van der Waals surface area contributed by atoms with Crippen molar-refractivity contribution in [3.63, 3.8) is 0 Å². The van der Waals surface area contributed by atoms with E-state index in [-0.39, 0.29) is 10.8 Å². The SMILES string of the molecule is CN(c1cccc(C(=O)NCCc2ccccc2)c1)S(=O)(=O)c1ccc(Cl)cc1. The predicted octanol–water partition coefficient (Wildman–Crippen LogP) is 4.14. The fourth-order valence-electron chi connectivity index (χ4n) is 2.81. The van der Waals surface area contributed by atoms with Crippen LogP contribution < -0.4 is 9.62 Å². The molecule has 29 heavy (non-hydrogen) atoms. The number of benzene rings is 3. The molecule has 0 atom stereocenters. The lowest BCUT2D eigenvalue weighted by Gasteiger charge is -2.20. The zero-order valence-electron chi connectivity index (χ0n) is 15.9. The van der Waals surface area contributed by atoms with E-state index < -0.39 is 10.0 Å². The Morgan fingerprint density at radius 1 is 0.966 bits per heavy atom. The lowest BCUT2D eigenvalue weighted by atomic mass is 10.1. The van der Waals surface area contributed by atoms with Crippen LogP contribution in [0, 0.1) is 0 Å². The van der Waals surface area contributed by atoms with Crippen LogP contribution in [-0.2, 0) is 16.4 Å². The first kappa shape index (κ1) is 20.9. The Kier molecular flexibility index (Phi) is 6.56. The van der Waals surface area contributed by atoms with E-state index in [4.69, 9.17) is 11.6 Å². The number of halogens is 1. The van der Waals surface area contributed by atoms with Crippen LogP contribution in [0.3, 0.4) is 0 Å². The van der Waals surface area contributed by atoms with E-state index in [9.17, 15) is 13.2 Å². The third kappa shape index (κ3) is 5.16. The minimum absolute atomic E-state index is 0.127. The van der Waals surface area contributed by atoms with Gasteiger partial charge in [-0.1, -0.05) is 48.0 Å². The van der Waals surface area contributed by atoms with Crippen LogP contribution in [0.4, 0.5) is 5.69 Å². The van der Waals surface area contributed by atoms with E-state index in [0.717, 1.165) is 16.3 Å². The highest BCUT2D eigenvalue weighted by Crippen LogP contribution is 2.24. The van der Waals surface area contributed by atoms with Crippen LogP contribution in [0.25, 0.3) is 0 Å². The molecule has 7 heteroatoms. The number of rotatable bonds is 7. The van der Waals surface area contributed by atoms with Crippen LogP contribution in [0.15, 0.2) is 83.8 Å². The third-order valence-corrected chi connectivity index (χ3v) is 6.54. The van der Waals surface area contributed by atoms with Gasteiger partial charge in [0.15, 0.2) is 0 Å². The third-order valence-electron chi connectivity index (χ3n) is 4.49. The number of sulfonamides is 1. The van der Waals surface area contributed by atoms with Gasteiger partial charge in [-0.2, -0.15) is 0 Å². The van der Waals surface area contributed by atoms with Gasteiger partial charge in [-0.05, 0) is 54.4 Å². The van der Waals surface area contributed by atoms with Crippen LogP contribution in [0.2, 0.25) is 5.02 Å². The van der Waals surface area contributed by atoms with Crippen LogP contribution in [-0.4, -0.2) is 27.9 Å². The first-order valence-corrected chi connectivity index (χ1v) is 10.9. The van der Waals surface area contributed by atoms with Gasteiger partial charge in [0.25, 0.3) is 15.9 Å². The Morgan fingerprint density at radius 2 is 1.66 bits per heavy atom. The average Bonchev–Trinajstić information content (AvgIpc) is 2.74. The van der Waals surface area contributed by atoms with Gasteiger partial charge in [-0.25, -0.2) is 8.42 Å². The summed E-state index contributed by atoms with van der Waals surface area (Å²) in [6.45, 7) is 0.492. The van der Waals surface area contributed by atoms with Gasteiger partial charge in [-0.15, -0.1) is 0 Å². The lowest BCUT2D eigenvalue weighted by molar-refractivity contribution is 0.0954. The molecule has 0 saturated carbocycles. The summed E-state index contributed by atoms with van der Waals surface area (Å²) in [6.07, 6.45) is 0.719. The van der Waals surface area contributed by atoms with Crippen LogP contribution in [0.1, 0.15) is 15.9 Å². The Labute approximate surface area is 176 Å². The summed E-state index contributed by atoms with van der Waals surface area (Å²) in [7, 11) is -2.31. The molecule has 0 aliphatic rings. The van der Waals surface area contributed by atoms with Gasteiger partial charge in [0.05, 0.1) is 10.6 Å². The van der Waals surface area contributed by atoms with Crippen molar-refractivity contribution in [2.45, 2.75) is 11.3 Å². The lowest BCUT2D eigenvalue weighted by Crippen LogP contribution is -2.28. The van der Waals surface area contributed by atoms with Crippen molar-refractivity contribution >= 4 is 33.2 Å². The normalized spacial score (nSPS) is 11.1. The van der Waals surface area contributed by atoms with Crippen molar-refractivity contribution in [1.29, 1.82) is 0 Å². The summed E-state index contributed by atoms with van der Waals surface area (Å²) in [6, 6.07) is 22.4. The van der Waals surface area contributed by atoms with E-state index in [0.29, 0.717) is 22.8 Å². The molecule has 3 rings (SSSR count). The molecule has 0 aliphatic carbocycles. The fourth-order valence-corrected chi connectivity index (χ4v) is 4.13. The summed E-state index contributed by atoms with van der Waals surface area (Å²) in [4.78, 5) is 12.6. The number of carbonyl (C=O) groups excluding carboxylic acids is 1. The number of carbonyl (C=O) groups is 1. The standard InChI is InChI=1S/C22H21ClN2O3S/c1-25(29(27,28)21-12-10-19(23)11-13-21)20-9-5-8-18(16-20)22(26)24-15-14-17-6-3-2-4-7-17/h2-13,16H,14-15H2,1H3,(H,24,26). The minimum atomic E-state index is -3.76. The molecule has 3 aromatic rings. The molecule has 0 fully saturated rings. The van der Waals surface area contributed by atoms with Crippen molar-refractivity contribution < 1.29 is 13.2 Å². The fraction of sp³-hybridized carbons (Fsp3) is 0.136. The molecule has 0 unspecified atom stereocenters. The Balaban J connectivity index is 1.71.